The Kier molecular flexibility index (Phi) is 5.66. The molecule has 8 nitrogen and oxygen atoms in total. The summed E-state index contributed by atoms with van der Waals surface area (Å²) in [7, 11) is 0. The van der Waals surface area contributed by atoms with E-state index in [-0.39, 0.29) is 12.5 Å². The van der Waals surface area contributed by atoms with Crippen LogP contribution in [0.25, 0.3) is 0 Å². The molecular weight excluding hydrogens is 228 g/mol. The molecule has 0 fully saturated rings. The largest absolute Gasteiger partial charge is 0.480 e. The van der Waals surface area contributed by atoms with Gasteiger partial charge in [-0.25, -0.2) is 9.78 Å². The zero-order chi connectivity index (χ0) is 12.5. The number of carboxylic acid groups (broad SMARTS) is 1. The molecule has 0 aromatic carbocycles. The predicted molar refractivity (Wildman–Crippen MR) is 56.2 cm³/mol. The van der Waals surface area contributed by atoms with E-state index in [1.807, 2.05) is 0 Å². The molecule has 0 aliphatic carbocycles. The third-order valence-electron chi connectivity index (χ3n) is 1.84. The van der Waals surface area contributed by atoms with Gasteiger partial charge in [-0.3, -0.25) is 9.89 Å². The fourth-order valence-corrected chi connectivity index (χ4v) is 1.12. The van der Waals surface area contributed by atoms with Gasteiger partial charge in [0.1, 0.15) is 25.4 Å². The van der Waals surface area contributed by atoms with E-state index in [2.05, 4.69) is 25.2 Å². The van der Waals surface area contributed by atoms with E-state index in [0.29, 0.717) is 13.0 Å². The highest BCUT2D eigenvalue weighted by atomic mass is 16.5. The highest BCUT2D eigenvalue weighted by Crippen LogP contribution is 1.91. The van der Waals surface area contributed by atoms with Crippen LogP contribution in [0.15, 0.2) is 6.33 Å². The Bertz CT molecular complexity index is 352. The SMILES string of the molecule is O=C(O)COCC(=O)NCCCc1ncn[nH]1. The quantitative estimate of drug-likeness (QED) is 0.501. The molecule has 1 rings (SSSR count). The molecule has 0 bridgehead atoms. The standard InChI is InChI=1S/C9H14N4O4/c14-8(4-17-5-9(15)16)10-3-1-2-7-11-6-12-13-7/h6H,1-5H2,(H,10,14)(H,15,16)(H,11,12,13). The first-order valence-electron chi connectivity index (χ1n) is 5.09. The molecule has 8 heteroatoms. The van der Waals surface area contributed by atoms with Crippen molar-refractivity contribution in [2.24, 2.45) is 0 Å². The average molecular weight is 242 g/mol. The van der Waals surface area contributed by atoms with Crippen molar-refractivity contribution in [1.29, 1.82) is 0 Å². The maximum absolute atomic E-state index is 11.1. The summed E-state index contributed by atoms with van der Waals surface area (Å²) in [6.07, 6.45) is 2.84. The number of nitrogens with zero attached hydrogens (tertiary/aromatic N) is 2. The second-order valence-corrected chi connectivity index (χ2v) is 3.27. The minimum Gasteiger partial charge on any atom is -0.480 e. The number of hydrogen-bond donors (Lipinski definition) is 3. The first kappa shape index (κ1) is 13.1. The molecular formula is C9H14N4O4. The van der Waals surface area contributed by atoms with E-state index in [4.69, 9.17) is 5.11 Å². The van der Waals surface area contributed by atoms with Gasteiger partial charge in [0.05, 0.1) is 0 Å². The maximum Gasteiger partial charge on any atom is 0.329 e. The van der Waals surface area contributed by atoms with Gasteiger partial charge in [-0.05, 0) is 6.42 Å². The van der Waals surface area contributed by atoms with Crippen LogP contribution in [-0.2, 0) is 20.7 Å². The molecule has 0 aliphatic heterocycles. The van der Waals surface area contributed by atoms with Crippen LogP contribution in [0.1, 0.15) is 12.2 Å². The number of carbonyl (C=O) groups is 2. The molecule has 3 N–H and O–H groups in total. The smallest absolute Gasteiger partial charge is 0.329 e. The molecule has 17 heavy (non-hydrogen) atoms. The van der Waals surface area contributed by atoms with Crippen LogP contribution in [0.5, 0.6) is 0 Å². The van der Waals surface area contributed by atoms with E-state index in [0.717, 1.165) is 12.2 Å². The number of carboxylic acids is 1. The van der Waals surface area contributed by atoms with Crippen molar-refractivity contribution in [3.05, 3.63) is 12.2 Å². The summed E-state index contributed by atoms with van der Waals surface area (Å²) < 4.78 is 4.62. The molecule has 0 unspecified atom stereocenters. The summed E-state index contributed by atoms with van der Waals surface area (Å²) in [5.41, 5.74) is 0. The van der Waals surface area contributed by atoms with Crippen LogP contribution in [0.4, 0.5) is 0 Å². The number of aliphatic carboxylic acids is 1. The fraction of sp³-hybridized carbons (Fsp3) is 0.556. The fourth-order valence-electron chi connectivity index (χ4n) is 1.12. The number of carbonyl (C=O) groups excluding carboxylic acids is 1. The van der Waals surface area contributed by atoms with Crippen molar-refractivity contribution < 1.29 is 19.4 Å². The molecule has 1 amide bonds. The Morgan fingerprint density at radius 2 is 2.29 bits per heavy atom. The van der Waals surface area contributed by atoms with Crippen molar-refractivity contribution in [3.8, 4) is 0 Å². The lowest BCUT2D eigenvalue weighted by Gasteiger charge is -2.04. The Balaban J connectivity index is 1.98. The maximum atomic E-state index is 11.1. The lowest BCUT2D eigenvalue weighted by molar-refractivity contribution is -0.143. The predicted octanol–water partition coefficient (Wildman–Crippen LogP) is -1.05. The summed E-state index contributed by atoms with van der Waals surface area (Å²) in [4.78, 5) is 25.2. The van der Waals surface area contributed by atoms with Crippen molar-refractivity contribution >= 4 is 11.9 Å². The summed E-state index contributed by atoms with van der Waals surface area (Å²) in [6, 6.07) is 0. The number of nitrogens with one attached hydrogen (secondary N) is 2. The van der Waals surface area contributed by atoms with Crippen molar-refractivity contribution in [2.45, 2.75) is 12.8 Å². The monoisotopic (exact) mass is 242 g/mol. The molecule has 0 aliphatic rings. The van der Waals surface area contributed by atoms with Crippen LogP contribution < -0.4 is 5.32 Å². The Labute approximate surface area is 97.4 Å². The second kappa shape index (κ2) is 7.34. The highest BCUT2D eigenvalue weighted by molar-refractivity contribution is 5.77. The van der Waals surface area contributed by atoms with Gasteiger partial charge in [0, 0.05) is 13.0 Å². The molecule has 0 atom stereocenters. The van der Waals surface area contributed by atoms with Crippen LogP contribution in [0, 0.1) is 0 Å². The van der Waals surface area contributed by atoms with E-state index in [1.165, 1.54) is 6.33 Å². The molecule has 1 aromatic rings. The lowest BCUT2D eigenvalue weighted by atomic mass is 10.3. The number of ether oxygens (including phenoxy) is 1. The molecule has 0 radical (unpaired) electrons. The molecule has 94 valence electrons. The third kappa shape index (κ3) is 6.25. The number of amides is 1. The third-order valence-corrected chi connectivity index (χ3v) is 1.84. The van der Waals surface area contributed by atoms with E-state index < -0.39 is 12.6 Å². The number of H-pyrrole nitrogens is 1. The van der Waals surface area contributed by atoms with Gasteiger partial charge < -0.3 is 15.2 Å². The topological polar surface area (TPSA) is 117 Å². The van der Waals surface area contributed by atoms with Gasteiger partial charge in [0.15, 0.2) is 0 Å². The van der Waals surface area contributed by atoms with Crippen molar-refractivity contribution in [2.75, 3.05) is 19.8 Å². The van der Waals surface area contributed by atoms with Gasteiger partial charge in [0.25, 0.3) is 0 Å². The van der Waals surface area contributed by atoms with E-state index in [9.17, 15) is 9.59 Å². The number of aromatic amines is 1. The Morgan fingerprint density at radius 1 is 1.47 bits per heavy atom. The van der Waals surface area contributed by atoms with E-state index >= 15 is 0 Å². The molecule has 0 saturated carbocycles. The lowest BCUT2D eigenvalue weighted by Crippen LogP contribution is -2.29. The van der Waals surface area contributed by atoms with Gasteiger partial charge >= 0.3 is 5.97 Å². The number of hydrogen-bond acceptors (Lipinski definition) is 5. The van der Waals surface area contributed by atoms with E-state index in [1.54, 1.807) is 0 Å². The van der Waals surface area contributed by atoms with Gasteiger partial charge in [-0.15, -0.1) is 0 Å². The minimum absolute atomic E-state index is 0.241. The summed E-state index contributed by atoms with van der Waals surface area (Å²) in [6.45, 7) is -0.226. The molecule has 1 heterocycles. The summed E-state index contributed by atoms with van der Waals surface area (Å²) >= 11 is 0. The summed E-state index contributed by atoms with van der Waals surface area (Å²) in [5.74, 6) is -0.659. The molecule has 1 aromatic heterocycles. The average Bonchev–Trinajstić information content (AvgIpc) is 2.76. The minimum atomic E-state index is -1.09. The molecule has 0 saturated heterocycles. The first-order valence-corrected chi connectivity index (χ1v) is 5.09. The van der Waals surface area contributed by atoms with Crippen LogP contribution >= 0.6 is 0 Å². The Hall–Kier alpha value is -1.96. The van der Waals surface area contributed by atoms with Crippen molar-refractivity contribution in [1.82, 2.24) is 20.5 Å². The van der Waals surface area contributed by atoms with Crippen LogP contribution in [-0.4, -0.2) is 51.9 Å². The zero-order valence-corrected chi connectivity index (χ0v) is 9.18. The van der Waals surface area contributed by atoms with Gasteiger partial charge in [-0.1, -0.05) is 0 Å². The molecule has 0 spiro atoms. The Morgan fingerprint density at radius 3 is 2.94 bits per heavy atom. The van der Waals surface area contributed by atoms with Gasteiger partial charge in [0.2, 0.25) is 5.91 Å². The normalized spacial score (nSPS) is 10.1. The van der Waals surface area contributed by atoms with Gasteiger partial charge in [-0.2, -0.15) is 5.10 Å². The summed E-state index contributed by atoms with van der Waals surface area (Å²) in [5, 5.41) is 17.3. The van der Waals surface area contributed by atoms with Crippen LogP contribution in [0.3, 0.4) is 0 Å². The highest BCUT2D eigenvalue weighted by Gasteiger charge is 2.03. The number of rotatable bonds is 8. The van der Waals surface area contributed by atoms with Crippen LogP contribution in [0.2, 0.25) is 0 Å². The zero-order valence-electron chi connectivity index (χ0n) is 9.18. The first-order chi connectivity index (χ1) is 8.18. The van der Waals surface area contributed by atoms with Crippen molar-refractivity contribution in [3.63, 3.8) is 0 Å². The number of aryl methyl sites for hydroxylation is 1. The number of aromatic nitrogens is 3. The second-order valence-electron chi connectivity index (χ2n) is 3.27.